The molecule has 2 N–H and O–H groups in total. The van der Waals surface area contributed by atoms with Crippen molar-refractivity contribution in [1.29, 1.82) is 0 Å². The molecular weight excluding hydrogens is 294 g/mol. The molecule has 2 aromatic carbocycles. The van der Waals surface area contributed by atoms with Crippen molar-refractivity contribution < 1.29 is 4.74 Å². The molecule has 1 aliphatic rings. The fourth-order valence-corrected chi connectivity index (χ4v) is 3.45. The predicted octanol–water partition coefficient (Wildman–Crippen LogP) is 5.47. The van der Waals surface area contributed by atoms with Crippen molar-refractivity contribution in [1.82, 2.24) is 0 Å². The van der Waals surface area contributed by atoms with Gasteiger partial charge in [0, 0.05) is 11.4 Å². The zero-order valence-corrected chi connectivity index (χ0v) is 14.1. The third kappa shape index (κ3) is 3.23. The first-order valence-electron chi connectivity index (χ1n) is 8.19. The normalized spacial score (nSPS) is 23.5. The average Bonchev–Trinajstić information content (AvgIpc) is 2.52. The van der Waals surface area contributed by atoms with Crippen LogP contribution >= 0.6 is 11.6 Å². The van der Waals surface area contributed by atoms with E-state index in [2.05, 4.69) is 31.2 Å². The van der Waals surface area contributed by atoms with Crippen LogP contribution in [-0.4, -0.2) is 6.10 Å². The molecule has 1 aliphatic carbocycles. The molecule has 118 valence electrons. The van der Waals surface area contributed by atoms with E-state index in [1.165, 1.54) is 12.8 Å². The van der Waals surface area contributed by atoms with Crippen molar-refractivity contribution in [2.75, 3.05) is 0 Å². The second kappa shape index (κ2) is 6.47. The van der Waals surface area contributed by atoms with Gasteiger partial charge >= 0.3 is 0 Å². The van der Waals surface area contributed by atoms with Crippen LogP contribution in [0.4, 0.5) is 0 Å². The number of rotatable bonds is 3. The Hall–Kier alpha value is -1.25. The van der Waals surface area contributed by atoms with Gasteiger partial charge in [0.2, 0.25) is 0 Å². The van der Waals surface area contributed by atoms with Gasteiger partial charge in [-0.3, -0.25) is 0 Å². The van der Waals surface area contributed by atoms with E-state index < -0.39 is 0 Å². The Bertz CT molecular complexity index is 660. The molecule has 0 bridgehead atoms. The molecule has 22 heavy (non-hydrogen) atoms. The quantitative estimate of drug-likeness (QED) is 0.814. The van der Waals surface area contributed by atoms with E-state index in [9.17, 15) is 0 Å². The molecule has 2 aromatic rings. The molecule has 0 spiro atoms. The molecule has 3 heteroatoms. The number of nitrogens with two attached hydrogens (primary N) is 1. The molecule has 1 fully saturated rings. The molecule has 0 aliphatic heterocycles. The molecule has 0 radical (unpaired) electrons. The topological polar surface area (TPSA) is 35.2 Å². The van der Waals surface area contributed by atoms with E-state index in [-0.39, 0.29) is 6.04 Å². The summed E-state index contributed by atoms with van der Waals surface area (Å²) in [5.74, 6) is 1.62. The van der Waals surface area contributed by atoms with Crippen LogP contribution in [0.1, 0.15) is 51.1 Å². The van der Waals surface area contributed by atoms with Gasteiger partial charge in [0.15, 0.2) is 0 Å². The van der Waals surface area contributed by atoms with Gasteiger partial charge in [-0.1, -0.05) is 36.7 Å². The monoisotopic (exact) mass is 317 g/mol. The van der Waals surface area contributed by atoms with Crippen molar-refractivity contribution in [3.05, 3.63) is 40.9 Å². The van der Waals surface area contributed by atoms with Crippen LogP contribution in [0.2, 0.25) is 5.02 Å². The van der Waals surface area contributed by atoms with Crippen LogP contribution in [-0.2, 0) is 0 Å². The number of hydrogen-bond acceptors (Lipinski definition) is 2. The Kier molecular flexibility index (Phi) is 4.60. The number of benzene rings is 2. The minimum Gasteiger partial charge on any atom is -0.489 e. The van der Waals surface area contributed by atoms with Crippen molar-refractivity contribution in [3.63, 3.8) is 0 Å². The third-order valence-corrected chi connectivity index (χ3v) is 5.12. The summed E-state index contributed by atoms with van der Waals surface area (Å²) >= 11 is 6.60. The largest absolute Gasteiger partial charge is 0.489 e. The molecular formula is C19H24ClNO. The summed E-state index contributed by atoms with van der Waals surface area (Å²) in [6.07, 6.45) is 5.02. The lowest BCUT2D eigenvalue weighted by Crippen LogP contribution is -2.23. The molecule has 0 heterocycles. The summed E-state index contributed by atoms with van der Waals surface area (Å²) in [5, 5.41) is 2.86. The predicted molar refractivity (Wildman–Crippen MR) is 93.6 cm³/mol. The maximum atomic E-state index is 6.60. The highest BCUT2D eigenvalue weighted by Gasteiger charge is 2.20. The van der Waals surface area contributed by atoms with E-state index in [1.54, 1.807) is 0 Å². The summed E-state index contributed by atoms with van der Waals surface area (Å²) in [6, 6.07) is 10.3. The Morgan fingerprint density at radius 3 is 2.50 bits per heavy atom. The van der Waals surface area contributed by atoms with Crippen LogP contribution in [0.25, 0.3) is 10.8 Å². The lowest BCUT2D eigenvalue weighted by molar-refractivity contribution is 0.136. The SMILES string of the molecule is CC1CCC(Oc2ccc3ccc(C(C)N)cc3c2Cl)CC1. The van der Waals surface area contributed by atoms with Crippen molar-refractivity contribution in [2.24, 2.45) is 11.7 Å². The Labute approximate surface area is 137 Å². The fraction of sp³-hybridized carbons (Fsp3) is 0.474. The molecule has 0 amide bonds. The first-order valence-corrected chi connectivity index (χ1v) is 8.57. The van der Waals surface area contributed by atoms with Gasteiger partial charge in [-0.15, -0.1) is 0 Å². The smallest absolute Gasteiger partial charge is 0.138 e. The van der Waals surface area contributed by atoms with E-state index >= 15 is 0 Å². The molecule has 0 saturated heterocycles. The third-order valence-electron chi connectivity index (χ3n) is 4.73. The van der Waals surface area contributed by atoms with E-state index in [0.717, 1.165) is 40.8 Å². The molecule has 0 aromatic heterocycles. The zero-order valence-electron chi connectivity index (χ0n) is 13.3. The van der Waals surface area contributed by atoms with Gasteiger partial charge in [-0.2, -0.15) is 0 Å². The summed E-state index contributed by atoms with van der Waals surface area (Å²) < 4.78 is 6.18. The molecule has 1 saturated carbocycles. The Morgan fingerprint density at radius 1 is 1.14 bits per heavy atom. The highest BCUT2D eigenvalue weighted by molar-refractivity contribution is 6.37. The van der Waals surface area contributed by atoms with Crippen molar-refractivity contribution in [3.8, 4) is 5.75 Å². The summed E-state index contributed by atoms with van der Waals surface area (Å²) in [6.45, 7) is 4.30. The van der Waals surface area contributed by atoms with Crippen LogP contribution < -0.4 is 10.5 Å². The highest BCUT2D eigenvalue weighted by atomic mass is 35.5. The number of ether oxygens (including phenoxy) is 1. The molecule has 3 rings (SSSR count). The number of halogens is 1. The fourth-order valence-electron chi connectivity index (χ4n) is 3.18. The van der Waals surface area contributed by atoms with Gasteiger partial charge in [0.25, 0.3) is 0 Å². The van der Waals surface area contributed by atoms with Crippen LogP contribution in [0.15, 0.2) is 30.3 Å². The first kappa shape index (κ1) is 15.6. The van der Waals surface area contributed by atoms with Gasteiger partial charge in [0.1, 0.15) is 5.75 Å². The van der Waals surface area contributed by atoms with Gasteiger partial charge in [-0.25, -0.2) is 0 Å². The van der Waals surface area contributed by atoms with Crippen LogP contribution in [0.5, 0.6) is 5.75 Å². The van der Waals surface area contributed by atoms with Crippen molar-refractivity contribution in [2.45, 2.75) is 51.7 Å². The average molecular weight is 318 g/mol. The maximum Gasteiger partial charge on any atom is 0.138 e. The summed E-state index contributed by atoms with van der Waals surface area (Å²) in [4.78, 5) is 0. The van der Waals surface area contributed by atoms with Crippen molar-refractivity contribution >= 4 is 22.4 Å². The molecule has 2 nitrogen and oxygen atoms in total. The summed E-state index contributed by atoms with van der Waals surface area (Å²) in [5.41, 5.74) is 7.08. The standard InChI is InChI=1S/C19H24ClNO/c1-12-3-8-16(9-4-12)22-18-10-7-14-5-6-15(13(2)21)11-17(14)19(18)20/h5-7,10-13,16H,3-4,8-9,21H2,1-2H3. The number of fused-ring (bicyclic) bond motifs is 1. The minimum atomic E-state index is 0.00451. The maximum absolute atomic E-state index is 6.60. The van der Waals surface area contributed by atoms with E-state index in [0.29, 0.717) is 11.1 Å². The first-order chi connectivity index (χ1) is 10.5. The van der Waals surface area contributed by atoms with Gasteiger partial charge < -0.3 is 10.5 Å². The highest BCUT2D eigenvalue weighted by Crippen LogP contribution is 2.36. The second-order valence-electron chi connectivity index (χ2n) is 6.65. The second-order valence-corrected chi connectivity index (χ2v) is 7.02. The lowest BCUT2D eigenvalue weighted by Gasteiger charge is -2.27. The molecule has 1 atom stereocenters. The van der Waals surface area contributed by atoms with Gasteiger partial charge in [-0.05, 0) is 61.6 Å². The lowest BCUT2D eigenvalue weighted by atomic mass is 9.89. The minimum absolute atomic E-state index is 0.00451. The summed E-state index contributed by atoms with van der Waals surface area (Å²) in [7, 11) is 0. The Balaban J connectivity index is 1.88. The van der Waals surface area contributed by atoms with Gasteiger partial charge in [0.05, 0.1) is 11.1 Å². The number of hydrogen-bond donors (Lipinski definition) is 1. The van der Waals surface area contributed by atoms with Crippen LogP contribution in [0.3, 0.4) is 0 Å². The van der Waals surface area contributed by atoms with E-state index in [1.807, 2.05) is 13.0 Å². The van der Waals surface area contributed by atoms with Crippen LogP contribution in [0, 0.1) is 5.92 Å². The Morgan fingerprint density at radius 2 is 1.82 bits per heavy atom. The zero-order chi connectivity index (χ0) is 15.7. The van der Waals surface area contributed by atoms with E-state index in [4.69, 9.17) is 22.1 Å². The molecule has 1 unspecified atom stereocenters.